The predicted octanol–water partition coefficient (Wildman–Crippen LogP) is 1.46. The molecule has 1 aliphatic heterocycles. The van der Waals surface area contributed by atoms with Crippen LogP contribution in [-0.4, -0.2) is 33.7 Å². The Kier molecular flexibility index (Phi) is 4.48. The molecule has 1 saturated heterocycles. The molecule has 0 radical (unpaired) electrons. The molecule has 0 saturated carbocycles. The van der Waals surface area contributed by atoms with Gasteiger partial charge in [0.25, 0.3) is 5.91 Å². The van der Waals surface area contributed by atoms with E-state index >= 15 is 0 Å². The van der Waals surface area contributed by atoms with Crippen LogP contribution >= 0.6 is 11.3 Å². The molecule has 21 heavy (non-hydrogen) atoms. The highest BCUT2D eigenvalue weighted by molar-refractivity contribution is 7.91. The molecule has 8 heteroatoms. The maximum absolute atomic E-state index is 12.1. The minimum Gasteiger partial charge on any atom is -0.396 e. The molecule has 118 valence electrons. The smallest absolute Gasteiger partial charge is 0.261 e. The van der Waals surface area contributed by atoms with Crippen molar-refractivity contribution in [3.8, 4) is 0 Å². The summed E-state index contributed by atoms with van der Waals surface area (Å²) in [5.74, 6) is -0.149. The minimum atomic E-state index is -3.51. The Bertz CT molecular complexity index is 652. The van der Waals surface area contributed by atoms with Crippen molar-refractivity contribution in [2.24, 2.45) is 11.7 Å². The average Bonchev–Trinajstić information content (AvgIpc) is 2.76. The lowest BCUT2D eigenvalue weighted by atomic mass is 9.96. The molecule has 0 bridgehead atoms. The third-order valence-electron chi connectivity index (χ3n) is 3.86. The number of amides is 1. The Labute approximate surface area is 129 Å². The highest BCUT2D eigenvalue weighted by Crippen LogP contribution is 2.42. The zero-order chi connectivity index (χ0) is 15.8. The number of carbonyl (C=O) groups excluding carboxylic acids is 1. The van der Waals surface area contributed by atoms with Crippen LogP contribution in [0.5, 0.6) is 0 Å². The van der Waals surface area contributed by atoms with E-state index in [1.165, 1.54) is 0 Å². The van der Waals surface area contributed by atoms with E-state index < -0.39 is 15.7 Å². The molecule has 4 N–H and O–H groups in total. The van der Waals surface area contributed by atoms with Gasteiger partial charge < -0.3 is 16.4 Å². The highest BCUT2D eigenvalue weighted by Gasteiger charge is 2.31. The monoisotopic (exact) mass is 331 g/mol. The van der Waals surface area contributed by atoms with E-state index in [2.05, 4.69) is 6.92 Å². The fourth-order valence-electron chi connectivity index (χ4n) is 2.75. The third-order valence-corrected chi connectivity index (χ3v) is 6.43. The third kappa shape index (κ3) is 3.16. The van der Waals surface area contributed by atoms with E-state index in [4.69, 9.17) is 11.5 Å². The molecule has 1 aromatic rings. The molecule has 1 aromatic heterocycles. The lowest BCUT2D eigenvalue weighted by Crippen LogP contribution is -2.35. The maximum Gasteiger partial charge on any atom is 0.261 e. The number of nitrogens with zero attached hydrogens (tertiary/aromatic N) is 1. The second kappa shape index (κ2) is 5.84. The van der Waals surface area contributed by atoms with Gasteiger partial charge in [0.1, 0.15) is 14.8 Å². The fourth-order valence-corrected chi connectivity index (χ4v) is 5.34. The van der Waals surface area contributed by atoms with E-state index in [-0.39, 0.29) is 15.5 Å². The normalized spacial score (nSPS) is 19.7. The molecule has 0 spiro atoms. The van der Waals surface area contributed by atoms with Gasteiger partial charge in [-0.2, -0.15) is 0 Å². The van der Waals surface area contributed by atoms with E-state index in [1.54, 1.807) is 0 Å². The number of sulfone groups is 1. The summed E-state index contributed by atoms with van der Waals surface area (Å²) in [6.07, 6.45) is 4.31. The van der Waals surface area contributed by atoms with Crippen LogP contribution in [0.15, 0.2) is 4.90 Å². The van der Waals surface area contributed by atoms with Crippen LogP contribution in [0.3, 0.4) is 0 Å². The summed E-state index contributed by atoms with van der Waals surface area (Å²) < 4.78 is 24.1. The zero-order valence-corrected chi connectivity index (χ0v) is 13.9. The molecule has 2 heterocycles. The summed E-state index contributed by atoms with van der Waals surface area (Å²) >= 11 is 1.09. The number of hydrogen-bond donors (Lipinski definition) is 2. The van der Waals surface area contributed by atoms with Crippen molar-refractivity contribution >= 4 is 37.8 Å². The van der Waals surface area contributed by atoms with E-state index in [1.807, 2.05) is 4.90 Å². The molecule has 1 fully saturated rings. The van der Waals surface area contributed by atoms with Crippen molar-refractivity contribution in [3.05, 3.63) is 4.88 Å². The van der Waals surface area contributed by atoms with Crippen LogP contribution < -0.4 is 16.4 Å². The zero-order valence-electron chi connectivity index (χ0n) is 12.3. The van der Waals surface area contributed by atoms with Crippen LogP contribution in [0.25, 0.3) is 0 Å². The molecular weight excluding hydrogens is 310 g/mol. The largest absolute Gasteiger partial charge is 0.396 e. The molecule has 0 aliphatic carbocycles. The summed E-state index contributed by atoms with van der Waals surface area (Å²) in [5, 5.41) is 0.557. The quantitative estimate of drug-likeness (QED) is 0.868. The highest BCUT2D eigenvalue weighted by atomic mass is 32.2. The van der Waals surface area contributed by atoms with Crippen molar-refractivity contribution in [3.63, 3.8) is 0 Å². The first-order valence-corrected chi connectivity index (χ1v) is 9.63. The van der Waals surface area contributed by atoms with Gasteiger partial charge in [0.05, 0.1) is 5.69 Å². The summed E-state index contributed by atoms with van der Waals surface area (Å²) in [5.41, 5.74) is 11.2. The lowest BCUT2D eigenvalue weighted by Gasteiger charge is -2.33. The summed E-state index contributed by atoms with van der Waals surface area (Å²) in [6.45, 7) is 3.69. The number of thiophene rings is 1. The van der Waals surface area contributed by atoms with Gasteiger partial charge in [0.15, 0.2) is 9.84 Å². The van der Waals surface area contributed by atoms with E-state index in [0.717, 1.165) is 49.9 Å². The van der Waals surface area contributed by atoms with Crippen molar-refractivity contribution in [2.75, 3.05) is 30.0 Å². The van der Waals surface area contributed by atoms with Crippen molar-refractivity contribution in [1.82, 2.24) is 0 Å². The van der Waals surface area contributed by atoms with Crippen molar-refractivity contribution < 1.29 is 13.2 Å². The topological polar surface area (TPSA) is 106 Å². The standard InChI is InChI=1S/C13H21N3O3S2/c1-3-8-5-4-6-16(7-8)13-11(21(2,18)19)9(14)10(20-13)12(15)17/h8H,3-7,14H2,1-2H3,(H2,15,17). The molecule has 1 unspecified atom stereocenters. The van der Waals surface area contributed by atoms with E-state index in [9.17, 15) is 13.2 Å². The Morgan fingerprint density at radius 3 is 2.67 bits per heavy atom. The average molecular weight is 331 g/mol. The SMILES string of the molecule is CCC1CCCN(c2sc(C(N)=O)c(N)c2S(C)(=O)=O)C1. The summed E-state index contributed by atoms with van der Waals surface area (Å²) in [4.78, 5) is 13.7. The molecule has 0 aromatic carbocycles. The van der Waals surface area contributed by atoms with Crippen LogP contribution in [0.2, 0.25) is 0 Å². The van der Waals surface area contributed by atoms with Crippen molar-refractivity contribution in [1.29, 1.82) is 0 Å². The number of anilines is 2. The van der Waals surface area contributed by atoms with Crippen LogP contribution in [0.1, 0.15) is 35.9 Å². The Morgan fingerprint density at radius 2 is 2.14 bits per heavy atom. The number of nitrogen functional groups attached to an aromatic ring is 1. The van der Waals surface area contributed by atoms with Gasteiger partial charge in [-0.3, -0.25) is 4.79 Å². The van der Waals surface area contributed by atoms with Gasteiger partial charge in [-0.15, -0.1) is 11.3 Å². The van der Waals surface area contributed by atoms with Gasteiger partial charge in [-0.1, -0.05) is 13.3 Å². The summed E-state index contributed by atoms with van der Waals surface area (Å²) in [6, 6.07) is 0. The Balaban J connectivity index is 2.52. The van der Waals surface area contributed by atoms with Gasteiger partial charge in [0.2, 0.25) is 0 Å². The number of nitrogens with two attached hydrogens (primary N) is 2. The number of rotatable bonds is 4. The van der Waals surface area contributed by atoms with Gasteiger partial charge in [-0.25, -0.2) is 8.42 Å². The van der Waals surface area contributed by atoms with Gasteiger partial charge in [0, 0.05) is 19.3 Å². The minimum absolute atomic E-state index is 0.0105. The fraction of sp³-hybridized carbons (Fsp3) is 0.615. The predicted molar refractivity (Wildman–Crippen MR) is 85.6 cm³/mol. The second-order valence-corrected chi connectivity index (χ2v) is 8.43. The van der Waals surface area contributed by atoms with Crippen LogP contribution in [-0.2, 0) is 9.84 Å². The molecular formula is C13H21N3O3S2. The number of primary amides is 1. The first-order chi connectivity index (χ1) is 9.75. The van der Waals surface area contributed by atoms with Gasteiger partial charge >= 0.3 is 0 Å². The summed E-state index contributed by atoms with van der Waals surface area (Å²) in [7, 11) is -3.51. The Morgan fingerprint density at radius 1 is 1.48 bits per heavy atom. The van der Waals surface area contributed by atoms with Crippen molar-refractivity contribution in [2.45, 2.75) is 31.1 Å². The maximum atomic E-state index is 12.1. The van der Waals surface area contributed by atoms with Gasteiger partial charge in [-0.05, 0) is 18.8 Å². The van der Waals surface area contributed by atoms with Crippen LogP contribution in [0.4, 0.5) is 10.7 Å². The molecule has 1 aliphatic rings. The lowest BCUT2D eigenvalue weighted by molar-refractivity contribution is 0.100. The first-order valence-electron chi connectivity index (χ1n) is 6.92. The number of carbonyl (C=O) groups is 1. The van der Waals surface area contributed by atoms with Crippen LogP contribution in [0, 0.1) is 5.92 Å². The molecule has 2 rings (SSSR count). The molecule has 6 nitrogen and oxygen atoms in total. The number of piperidine rings is 1. The second-order valence-electron chi connectivity index (χ2n) is 5.48. The van der Waals surface area contributed by atoms with E-state index in [0.29, 0.717) is 10.9 Å². The molecule has 1 atom stereocenters. The molecule has 1 amide bonds. The first kappa shape index (κ1) is 16.1. The Hall–Kier alpha value is -1.28. The number of hydrogen-bond acceptors (Lipinski definition) is 6.